The number of anilines is 6. The lowest BCUT2D eigenvalue weighted by Crippen LogP contribution is -2.78. The zero-order valence-electron chi connectivity index (χ0n) is 34.8. The first-order chi connectivity index (χ1) is 29.7. The minimum atomic E-state index is -0.0950. The molecule has 0 aliphatic carbocycles. The summed E-state index contributed by atoms with van der Waals surface area (Å²) in [4.78, 5) is 24.7. The van der Waals surface area contributed by atoms with Gasteiger partial charge in [0.1, 0.15) is 24.1 Å². The van der Waals surface area contributed by atoms with Crippen LogP contribution in [-0.4, -0.2) is 36.9 Å². The second kappa shape index (κ2) is 22.5. The molecule has 14 nitrogen and oxygen atoms in total. The van der Waals surface area contributed by atoms with Gasteiger partial charge in [0.15, 0.2) is 31.3 Å². The summed E-state index contributed by atoms with van der Waals surface area (Å²) in [7, 11) is 2.10. The Hall–Kier alpha value is -7.58. The summed E-state index contributed by atoms with van der Waals surface area (Å²) in [5, 5.41) is 32.2. The van der Waals surface area contributed by atoms with E-state index in [0.29, 0.717) is 0 Å². The third kappa shape index (κ3) is 15.3. The van der Waals surface area contributed by atoms with Crippen molar-refractivity contribution in [2.75, 3.05) is 41.4 Å². The van der Waals surface area contributed by atoms with Gasteiger partial charge >= 0.3 is 0 Å². The highest BCUT2D eigenvalue weighted by atomic mass is 16.2. The SMILES string of the molecule is CC(=O)Nc1ccc(Nc2ccc(N=Nc3ccc[n+](CCC[NH2+]/C=C\N(C)CCC[n+]4cccc(N=Nc5ccc(Nc6ccc(NC(C)=O)cc6)cc5)c4)c3)cc2)cc1. The number of pyridine rings is 2. The molecule has 61 heavy (non-hydrogen) atoms. The Labute approximate surface area is 356 Å². The van der Waals surface area contributed by atoms with Crippen molar-refractivity contribution < 1.29 is 24.0 Å². The van der Waals surface area contributed by atoms with Crippen LogP contribution < -0.4 is 35.7 Å². The predicted molar refractivity (Wildman–Crippen MR) is 240 cm³/mol. The molecule has 0 saturated carbocycles. The molecule has 6 rings (SSSR count). The highest BCUT2D eigenvalue weighted by molar-refractivity contribution is 5.89. The Morgan fingerprint density at radius 1 is 0.557 bits per heavy atom. The van der Waals surface area contributed by atoms with Crippen LogP contribution in [0, 0.1) is 0 Å². The van der Waals surface area contributed by atoms with Gasteiger partial charge in [-0.05, 0) is 109 Å². The average molecular weight is 818 g/mol. The van der Waals surface area contributed by atoms with E-state index in [-0.39, 0.29) is 11.8 Å². The number of carbonyl (C=O) groups excluding carboxylic acids is 2. The van der Waals surface area contributed by atoms with E-state index in [0.717, 1.165) is 95.9 Å². The van der Waals surface area contributed by atoms with Crippen molar-refractivity contribution in [1.29, 1.82) is 0 Å². The normalized spacial score (nSPS) is 11.3. The molecule has 2 amide bonds. The summed E-state index contributed by atoms with van der Waals surface area (Å²) in [5.41, 5.74) is 8.33. The Morgan fingerprint density at radius 3 is 1.39 bits per heavy atom. The summed E-state index contributed by atoms with van der Waals surface area (Å²) in [6, 6.07) is 38.5. The third-order valence-electron chi connectivity index (χ3n) is 9.16. The predicted octanol–water partition coefficient (Wildman–Crippen LogP) is 8.94. The number of aryl methyl sites for hydroxylation is 2. The molecule has 0 fully saturated rings. The fourth-order valence-corrected chi connectivity index (χ4v) is 6.15. The summed E-state index contributed by atoms with van der Waals surface area (Å²) in [5.74, 6) is -0.190. The second-order valence-electron chi connectivity index (χ2n) is 14.4. The number of nitrogens with one attached hydrogen (secondary N) is 4. The fourth-order valence-electron chi connectivity index (χ4n) is 6.15. The lowest BCUT2D eigenvalue weighted by molar-refractivity contribution is -0.703. The number of nitrogens with zero attached hydrogens (tertiary/aromatic N) is 7. The number of hydrogen-bond acceptors (Lipinski definition) is 9. The van der Waals surface area contributed by atoms with E-state index >= 15 is 0 Å². The van der Waals surface area contributed by atoms with E-state index < -0.39 is 0 Å². The van der Waals surface area contributed by atoms with Crippen molar-refractivity contribution in [3.63, 3.8) is 0 Å². The molecule has 6 N–H and O–H groups in total. The van der Waals surface area contributed by atoms with Crippen molar-refractivity contribution >= 4 is 68.7 Å². The van der Waals surface area contributed by atoms with Gasteiger partial charge < -0.3 is 31.5 Å². The molecule has 6 aromatic rings. The lowest BCUT2D eigenvalue weighted by Gasteiger charge is -2.11. The van der Waals surface area contributed by atoms with Crippen LogP contribution in [0.5, 0.6) is 0 Å². The van der Waals surface area contributed by atoms with Crippen LogP contribution in [0.25, 0.3) is 0 Å². The van der Waals surface area contributed by atoms with Crippen molar-refractivity contribution in [1.82, 2.24) is 4.90 Å². The number of rotatable bonds is 20. The minimum absolute atomic E-state index is 0.0948. The fraction of sp³-hybridized carbons (Fsp3) is 0.191. The number of amides is 2. The van der Waals surface area contributed by atoms with E-state index in [4.69, 9.17) is 0 Å². The van der Waals surface area contributed by atoms with Crippen LogP contribution >= 0.6 is 0 Å². The molecule has 310 valence electrons. The van der Waals surface area contributed by atoms with Crippen molar-refractivity contribution in [2.45, 2.75) is 39.8 Å². The Balaban J connectivity index is 0.850. The second-order valence-corrected chi connectivity index (χ2v) is 14.4. The van der Waals surface area contributed by atoms with Gasteiger partial charge in [-0.2, -0.15) is 10.2 Å². The van der Waals surface area contributed by atoms with Crippen LogP contribution in [0.15, 0.2) is 179 Å². The van der Waals surface area contributed by atoms with Crippen LogP contribution in [0.4, 0.5) is 56.9 Å². The summed E-state index contributed by atoms with van der Waals surface area (Å²) in [6.07, 6.45) is 14.4. The number of carbonyl (C=O) groups is 2. The topological polar surface area (TPSA) is 159 Å². The van der Waals surface area contributed by atoms with Crippen molar-refractivity contribution in [3.05, 3.63) is 159 Å². The van der Waals surface area contributed by atoms with Gasteiger partial charge in [-0.15, -0.1) is 10.2 Å². The molecule has 0 saturated heterocycles. The molecular weight excluding hydrogens is 765 g/mol. The molecule has 0 spiro atoms. The van der Waals surface area contributed by atoms with Gasteiger partial charge in [-0.1, -0.05) is 0 Å². The molecule has 4 aromatic carbocycles. The van der Waals surface area contributed by atoms with Crippen LogP contribution in [0.3, 0.4) is 0 Å². The maximum absolute atomic E-state index is 11.2. The summed E-state index contributed by atoms with van der Waals surface area (Å²) in [6.45, 7) is 6.64. The number of azo groups is 2. The number of aromatic nitrogens is 2. The zero-order chi connectivity index (χ0) is 42.7. The van der Waals surface area contributed by atoms with E-state index in [1.165, 1.54) is 13.8 Å². The molecule has 0 aliphatic heterocycles. The third-order valence-corrected chi connectivity index (χ3v) is 9.16. The van der Waals surface area contributed by atoms with Gasteiger partial charge in [-0.3, -0.25) is 9.59 Å². The van der Waals surface area contributed by atoms with Crippen LogP contribution in [0.1, 0.15) is 26.7 Å². The summed E-state index contributed by atoms with van der Waals surface area (Å²) < 4.78 is 4.29. The van der Waals surface area contributed by atoms with E-state index in [2.05, 4.69) is 92.9 Å². The maximum atomic E-state index is 11.2. The maximum Gasteiger partial charge on any atom is 0.221 e. The monoisotopic (exact) mass is 817 g/mol. The Bertz CT molecular complexity index is 2420. The van der Waals surface area contributed by atoms with Crippen molar-refractivity contribution in [3.8, 4) is 0 Å². The quantitative estimate of drug-likeness (QED) is 0.0295. The standard InChI is InChI=1S/C47H50N12O2/c1-36(60)49-38-10-14-40(15-11-38)51-42-18-22-44(23-19-42)53-55-46-8-4-29-58(34-46)31-6-26-48-27-33-57(3)28-7-32-59-30-5-9-47(35-59)56-54-45-24-20-43(21-25-45)52-41-16-12-39(13-17-41)50-37(2)61/h4-5,8-25,27,29-30,33-35,48H,6-7,26,28,31-32H2,1-3H3,(H2-2,49,50,51,52,53,54,55,56,60,61)/p+3/b33-27-. The molecular formula is C47H53N12O2+3. The highest BCUT2D eigenvalue weighted by Gasteiger charge is 2.06. The number of benzene rings is 4. The van der Waals surface area contributed by atoms with Gasteiger partial charge in [0.05, 0.1) is 30.5 Å². The summed E-state index contributed by atoms with van der Waals surface area (Å²) >= 11 is 0. The Morgan fingerprint density at radius 2 is 0.951 bits per heavy atom. The highest BCUT2D eigenvalue weighted by Crippen LogP contribution is 2.25. The Kier molecular flexibility index (Phi) is 15.9. The largest absolute Gasteiger partial charge is 0.376 e. The molecule has 0 bridgehead atoms. The van der Waals surface area contributed by atoms with Gasteiger partial charge in [-0.25, -0.2) is 9.13 Å². The number of nitrogens with two attached hydrogens (primary N) is 1. The number of hydrogen-bond donors (Lipinski definition) is 5. The zero-order valence-corrected chi connectivity index (χ0v) is 34.8. The lowest BCUT2D eigenvalue weighted by atomic mass is 10.2. The van der Waals surface area contributed by atoms with E-state index in [1.807, 2.05) is 134 Å². The van der Waals surface area contributed by atoms with E-state index in [1.54, 1.807) is 0 Å². The molecule has 0 aliphatic rings. The molecule has 14 heteroatoms. The molecule has 0 unspecified atom stereocenters. The van der Waals surface area contributed by atoms with Crippen LogP contribution in [0.2, 0.25) is 0 Å². The minimum Gasteiger partial charge on any atom is -0.376 e. The average Bonchev–Trinajstić information content (AvgIpc) is 3.26. The van der Waals surface area contributed by atoms with Gasteiger partial charge in [0, 0.05) is 80.1 Å². The molecule has 2 aromatic heterocycles. The van der Waals surface area contributed by atoms with Gasteiger partial charge in [0.2, 0.25) is 11.8 Å². The first-order valence-corrected chi connectivity index (χ1v) is 20.2. The van der Waals surface area contributed by atoms with Crippen LogP contribution in [-0.2, 0) is 22.7 Å². The smallest absolute Gasteiger partial charge is 0.221 e. The first-order valence-electron chi connectivity index (χ1n) is 20.2. The molecule has 2 heterocycles. The number of quaternary nitrogens is 1. The molecule has 0 atom stereocenters. The molecule has 0 radical (unpaired) electrons. The van der Waals surface area contributed by atoms with E-state index in [9.17, 15) is 9.59 Å². The van der Waals surface area contributed by atoms with Gasteiger partial charge in [0.25, 0.3) is 0 Å². The van der Waals surface area contributed by atoms with Crippen molar-refractivity contribution in [2.24, 2.45) is 20.5 Å². The first kappa shape index (κ1) is 43.0.